The van der Waals surface area contributed by atoms with E-state index in [1.54, 1.807) is 18.2 Å². The second-order valence-corrected chi connectivity index (χ2v) is 5.57. The Morgan fingerprint density at radius 2 is 1.76 bits per heavy atom. The molecule has 1 aromatic heterocycles. The zero-order valence-corrected chi connectivity index (χ0v) is 13.2. The molecule has 0 atom stereocenters. The molecule has 0 fully saturated rings. The summed E-state index contributed by atoms with van der Waals surface area (Å²) >= 11 is 0. The molecule has 0 saturated carbocycles. The van der Waals surface area contributed by atoms with Crippen molar-refractivity contribution in [3.8, 4) is 11.3 Å². The number of benzene rings is 2. The van der Waals surface area contributed by atoms with Gasteiger partial charge in [0, 0.05) is 11.3 Å². The number of halogens is 3. The highest BCUT2D eigenvalue weighted by Crippen LogP contribution is 2.32. The minimum absolute atomic E-state index is 0.0221. The second kappa shape index (κ2) is 6.47. The molecule has 3 rings (SSSR count). The highest BCUT2D eigenvalue weighted by atomic mass is 19.4. The lowest BCUT2D eigenvalue weighted by molar-refractivity contribution is -0.137. The number of carbonyl (C=O) groups is 1. The topological polar surface area (TPSA) is 42.2 Å². The number of anilines is 1. The first-order valence-corrected chi connectivity index (χ1v) is 7.48. The summed E-state index contributed by atoms with van der Waals surface area (Å²) < 4.78 is 43.8. The molecular weight excluding hydrogens is 331 g/mol. The Bertz CT molecular complexity index is 913. The maximum atomic E-state index is 12.8. The lowest BCUT2D eigenvalue weighted by Crippen LogP contribution is -2.10. The van der Waals surface area contributed by atoms with E-state index in [1.165, 1.54) is 24.3 Å². The fourth-order valence-corrected chi connectivity index (χ4v) is 2.38. The van der Waals surface area contributed by atoms with Crippen molar-refractivity contribution in [2.45, 2.75) is 13.1 Å². The van der Waals surface area contributed by atoms with Gasteiger partial charge in [-0.2, -0.15) is 13.2 Å². The van der Waals surface area contributed by atoms with Gasteiger partial charge >= 0.3 is 6.18 Å². The first-order chi connectivity index (χ1) is 11.8. The summed E-state index contributed by atoms with van der Waals surface area (Å²) in [6.45, 7) is 1.90. The number of furan rings is 1. The average Bonchev–Trinajstić information content (AvgIpc) is 3.04. The minimum Gasteiger partial charge on any atom is -0.451 e. The van der Waals surface area contributed by atoms with Gasteiger partial charge in [0.15, 0.2) is 5.76 Å². The molecule has 1 N–H and O–H groups in total. The summed E-state index contributed by atoms with van der Waals surface area (Å²) in [5, 5.41) is 2.69. The Labute approximate surface area is 142 Å². The molecule has 2 aromatic carbocycles. The first-order valence-electron chi connectivity index (χ1n) is 7.48. The molecule has 3 aromatic rings. The monoisotopic (exact) mass is 345 g/mol. The molecule has 0 spiro atoms. The van der Waals surface area contributed by atoms with Crippen LogP contribution in [0.1, 0.15) is 21.7 Å². The molecule has 128 valence electrons. The van der Waals surface area contributed by atoms with Gasteiger partial charge in [-0.05, 0) is 48.9 Å². The number of hydrogen-bond donors (Lipinski definition) is 1. The van der Waals surface area contributed by atoms with Gasteiger partial charge in [0.1, 0.15) is 5.76 Å². The molecule has 0 aliphatic heterocycles. The zero-order chi connectivity index (χ0) is 18.0. The highest BCUT2D eigenvalue weighted by molar-refractivity contribution is 6.02. The van der Waals surface area contributed by atoms with Gasteiger partial charge in [-0.25, -0.2) is 0 Å². The van der Waals surface area contributed by atoms with E-state index in [0.29, 0.717) is 5.69 Å². The summed E-state index contributed by atoms with van der Waals surface area (Å²) in [5.41, 5.74) is 1.08. The van der Waals surface area contributed by atoms with Gasteiger partial charge in [-0.1, -0.05) is 24.3 Å². The third-order valence-electron chi connectivity index (χ3n) is 3.58. The lowest BCUT2D eigenvalue weighted by atomic mass is 10.1. The van der Waals surface area contributed by atoms with E-state index in [2.05, 4.69) is 5.32 Å². The van der Waals surface area contributed by atoms with Gasteiger partial charge in [-0.3, -0.25) is 4.79 Å². The van der Waals surface area contributed by atoms with Gasteiger partial charge < -0.3 is 9.73 Å². The Morgan fingerprint density at radius 1 is 1.00 bits per heavy atom. The van der Waals surface area contributed by atoms with E-state index in [-0.39, 0.29) is 17.1 Å². The molecule has 0 saturated heterocycles. The third-order valence-corrected chi connectivity index (χ3v) is 3.58. The van der Waals surface area contributed by atoms with Crippen molar-refractivity contribution in [2.24, 2.45) is 0 Å². The van der Waals surface area contributed by atoms with Gasteiger partial charge in [0.25, 0.3) is 5.91 Å². The Hall–Kier alpha value is -3.02. The van der Waals surface area contributed by atoms with Crippen molar-refractivity contribution in [3.05, 3.63) is 77.6 Å². The zero-order valence-electron chi connectivity index (χ0n) is 13.2. The van der Waals surface area contributed by atoms with Crippen molar-refractivity contribution < 1.29 is 22.4 Å². The van der Waals surface area contributed by atoms with E-state index in [0.717, 1.165) is 17.7 Å². The van der Waals surface area contributed by atoms with Gasteiger partial charge in [-0.15, -0.1) is 0 Å². The van der Waals surface area contributed by atoms with Crippen LogP contribution >= 0.6 is 0 Å². The standard InChI is InChI=1S/C19H14F3NO2/c1-12-4-2-7-15(10-12)23-18(24)17-9-8-16(25-17)13-5-3-6-14(11-13)19(20,21)22/h2-11H,1H3,(H,23,24). The lowest BCUT2D eigenvalue weighted by Gasteiger charge is -2.07. The van der Waals surface area contributed by atoms with E-state index >= 15 is 0 Å². The van der Waals surface area contributed by atoms with Crippen LogP contribution < -0.4 is 5.32 Å². The smallest absolute Gasteiger partial charge is 0.416 e. The average molecular weight is 345 g/mol. The van der Waals surface area contributed by atoms with E-state index in [4.69, 9.17) is 4.42 Å². The molecule has 25 heavy (non-hydrogen) atoms. The van der Waals surface area contributed by atoms with Crippen LogP contribution in [0.15, 0.2) is 65.1 Å². The first kappa shape index (κ1) is 16.8. The summed E-state index contributed by atoms with van der Waals surface area (Å²) in [4.78, 5) is 12.2. The molecule has 0 bridgehead atoms. The molecule has 6 heteroatoms. The number of nitrogens with one attached hydrogen (secondary N) is 1. The summed E-state index contributed by atoms with van der Waals surface area (Å²) in [7, 11) is 0. The second-order valence-electron chi connectivity index (χ2n) is 5.57. The largest absolute Gasteiger partial charge is 0.451 e. The SMILES string of the molecule is Cc1cccc(NC(=O)c2ccc(-c3cccc(C(F)(F)F)c3)o2)c1. The fourth-order valence-electron chi connectivity index (χ4n) is 2.38. The Morgan fingerprint density at radius 3 is 2.48 bits per heavy atom. The molecule has 0 radical (unpaired) electrons. The number of carbonyl (C=O) groups excluding carboxylic acids is 1. The van der Waals surface area contributed by atoms with E-state index in [1.807, 2.05) is 13.0 Å². The van der Waals surface area contributed by atoms with Crippen LogP contribution in [0, 0.1) is 6.92 Å². The maximum absolute atomic E-state index is 12.8. The maximum Gasteiger partial charge on any atom is 0.416 e. The van der Waals surface area contributed by atoms with Crippen molar-refractivity contribution in [2.75, 3.05) is 5.32 Å². The van der Waals surface area contributed by atoms with Crippen LogP contribution in [0.25, 0.3) is 11.3 Å². The molecule has 0 aliphatic carbocycles. The van der Waals surface area contributed by atoms with Crippen molar-refractivity contribution in [1.29, 1.82) is 0 Å². The van der Waals surface area contributed by atoms with Crippen LogP contribution in [-0.4, -0.2) is 5.91 Å². The fraction of sp³-hybridized carbons (Fsp3) is 0.105. The number of amides is 1. The Balaban J connectivity index is 1.82. The van der Waals surface area contributed by atoms with Crippen molar-refractivity contribution >= 4 is 11.6 Å². The summed E-state index contributed by atoms with van der Waals surface area (Å²) in [6, 6.07) is 14.9. The van der Waals surface area contributed by atoms with E-state index < -0.39 is 17.6 Å². The molecule has 1 amide bonds. The van der Waals surface area contributed by atoms with Crippen LogP contribution in [0.4, 0.5) is 18.9 Å². The number of alkyl halides is 3. The molecule has 1 heterocycles. The normalized spacial score (nSPS) is 11.4. The molecule has 0 unspecified atom stereocenters. The number of rotatable bonds is 3. The van der Waals surface area contributed by atoms with Crippen LogP contribution in [-0.2, 0) is 6.18 Å². The molecular formula is C19H14F3NO2. The Kier molecular flexibility index (Phi) is 4.35. The predicted molar refractivity (Wildman–Crippen MR) is 88.3 cm³/mol. The third kappa shape index (κ3) is 3.91. The van der Waals surface area contributed by atoms with Crippen LogP contribution in [0.2, 0.25) is 0 Å². The van der Waals surface area contributed by atoms with Crippen LogP contribution in [0.5, 0.6) is 0 Å². The number of aryl methyl sites for hydroxylation is 1. The summed E-state index contributed by atoms with van der Waals surface area (Å²) in [5.74, 6) is -0.252. The minimum atomic E-state index is -4.44. The van der Waals surface area contributed by atoms with Crippen molar-refractivity contribution in [3.63, 3.8) is 0 Å². The quantitative estimate of drug-likeness (QED) is 0.678. The summed E-state index contributed by atoms with van der Waals surface area (Å²) in [6.07, 6.45) is -4.44. The highest BCUT2D eigenvalue weighted by Gasteiger charge is 2.30. The van der Waals surface area contributed by atoms with Crippen molar-refractivity contribution in [1.82, 2.24) is 0 Å². The van der Waals surface area contributed by atoms with Gasteiger partial charge in [0.2, 0.25) is 0 Å². The molecule has 0 aliphatic rings. The van der Waals surface area contributed by atoms with E-state index in [9.17, 15) is 18.0 Å². The van der Waals surface area contributed by atoms with Crippen LogP contribution in [0.3, 0.4) is 0 Å². The predicted octanol–water partition coefficient (Wildman–Crippen LogP) is 5.53. The number of hydrogen-bond acceptors (Lipinski definition) is 2. The van der Waals surface area contributed by atoms with Gasteiger partial charge in [0.05, 0.1) is 5.56 Å². The molecule has 3 nitrogen and oxygen atoms in total.